The minimum Gasteiger partial charge on any atom is -0.441 e. The number of amides is 1. The van der Waals surface area contributed by atoms with Crippen molar-refractivity contribution >= 4 is 29.4 Å². The van der Waals surface area contributed by atoms with Gasteiger partial charge in [0.15, 0.2) is 0 Å². The smallest absolute Gasteiger partial charge is 0.441 e. The second-order valence-electron chi connectivity index (χ2n) is 5.66. The lowest BCUT2D eigenvalue weighted by atomic mass is 10.1. The van der Waals surface area contributed by atoms with Crippen molar-refractivity contribution in [3.8, 4) is 0 Å². The molecule has 0 saturated carbocycles. The average Bonchev–Trinajstić information content (AvgIpc) is 2.34. The number of nitrogens with zero attached hydrogens (tertiary/aromatic N) is 1. The number of benzene rings is 1. The zero-order valence-electron chi connectivity index (χ0n) is 13.4. The highest BCUT2D eigenvalue weighted by molar-refractivity contribution is 6.30. The second-order valence-corrected chi connectivity index (χ2v) is 6.10. The molecule has 7 heteroatoms. The molecular weight excluding hydrogens is 308 g/mol. The number of ether oxygens (including phenoxy) is 1. The highest BCUT2D eigenvalue weighted by Crippen LogP contribution is 2.26. The largest absolute Gasteiger partial charge is 0.448 e. The third kappa shape index (κ3) is 5.54. The summed E-state index contributed by atoms with van der Waals surface area (Å²) in [5.74, 6) is -0.629. The van der Waals surface area contributed by atoms with E-state index in [2.05, 4.69) is 5.32 Å². The van der Waals surface area contributed by atoms with E-state index in [-0.39, 0.29) is 0 Å². The van der Waals surface area contributed by atoms with Gasteiger partial charge in [-0.2, -0.15) is 0 Å². The molecule has 1 aromatic rings. The summed E-state index contributed by atoms with van der Waals surface area (Å²) in [5.41, 5.74) is 0.371. The molecule has 0 saturated heterocycles. The zero-order chi connectivity index (χ0) is 16.9. The summed E-state index contributed by atoms with van der Waals surface area (Å²) >= 11 is 5.98. The van der Waals surface area contributed by atoms with Crippen LogP contribution in [-0.4, -0.2) is 24.7 Å². The van der Waals surface area contributed by atoms with Crippen LogP contribution in [-0.2, 0) is 20.9 Å². The number of hydrogen-bond acceptors (Lipinski definition) is 5. The SMILES string of the molecule is CNCc1cc(Cl)ccc1N(OC(C)=O)C(=O)OC(C)(C)C. The summed E-state index contributed by atoms with van der Waals surface area (Å²) in [6.07, 6.45) is -0.776. The quantitative estimate of drug-likeness (QED) is 0.862. The molecule has 0 bridgehead atoms. The highest BCUT2D eigenvalue weighted by atomic mass is 35.5. The molecule has 0 unspecified atom stereocenters. The number of nitrogens with one attached hydrogen (secondary N) is 1. The van der Waals surface area contributed by atoms with E-state index in [4.69, 9.17) is 21.2 Å². The molecular formula is C15H21ClN2O4. The summed E-state index contributed by atoms with van der Waals surface area (Å²) in [6, 6.07) is 4.90. The van der Waals surface area contributed by atoms with Gasteiger partial charge in [-0.05, 0) is 51.6 Å². The van der Waals surface area contributed by atoms with Crippen LogP contribution in [0.25, 0.3) is 0 Å². The lowest BCUT2D eigenvalue weighted by molar-refractivity contribution is -0.142. The van der Waals surface area contributed by atoms with E-state index in [1.54, 1.807) is 46.0 Å². The van der Waals surface area contributed by atoms with Crippen molar-refractivity contribution in [2.45, 2.75) is 39.8 Å². The van der Waals surface area contributed by atoms with Crippen LogP contribution >= 0.6 is 11.6 Å². The minimum atomic E-state index is -0.776. The number of carbonyl (C=O) groups excluding carboxylic acids is 2. The first-order valence-corrected chi connectivity index (χ1v) is 7.16. The number of halogens is 1. The lowest BCUT2D eigenvalue weighted by Gasteiger charge is -2.27. The van der Waals surface area contributed by atoms with Gasteiger partial charge in [0.1, 0.15) is 5.60 Å². The first-order valence-electron chi connectivity index (χ1n) is 6.78. The van der Waals surface area contributed by atoms with E-state index in [0.717, 1.165) is 5.06 Å². The minimum absolute atomic E-state index is 0.392. The van der Waals surface area contributed by atoms with E-state index in [0.29, 0.717) is 22.8 Å². The third-order valence-electron chi connectivity index (χ3n) is 2.41. The normalized spacial score (nSPS) is 11.0. The Kier molecular flexibility index (Phi) is 6.20. The van der Waals surface area contributed by atoms with Crippen LogP contribution in [0.2, 0.25) is 5.02 Å². The monoisotopic (exact) mass is 328 g/mol. The van der Waals surface area contributed by atoms with Crippen LogP contribution in [0.5, 0.6) is 0 Å². The van der Waals surface area contributed by atoms with Gasteiger partial charge in [0.05, 0.1) is 5.69 Å². The summed E-state index contributed by atoms with van der Waals surface area (Å²) in [7, 11) is 1.76. The molecule has 1 amide bonds. The van der Waals surface area contributed by atoms with Crippen LogP contribution in [0.15, 0.2) is 18.2 Å². The van der Waals surface area contributed by atoms with Crippen molar-refractivity contribution in [3.63, 3.8) is 0 Å². The van der Waals surface area contributed by atoms with Gasteiger partial charge in [-0.1, -0.05) is 11.6 Å². The predicted octanol–water partition coefficient (Wildman–Crippen LogP) is 3.28. The van der Waals surface area contributed by atoms with Crippen LogP contribution < -0.4 is 10.4 Å². The summed E-state index contributed by atoms with van der Waals surface area (Å²) < 4.78 is 5.27. The Hall–Kier alpha value is -1.79. The maximum atomic E-state index is 12.3. The molecule has 0 atom stereocenters. The molecule has 0 aliphatic heterocycles. The third-order valence-corrected chi connectivity index (χ3v) is 2.64. The average molecular weight is 329 g/mol. The Bertz CT molecular complexity index is 555. The topological polar surface area (TPSA) is 67.9 Å². The van der Waals surface area contributed by atoms with Gasteiger partial charge in [0, 0.05) is 18.5 Å². The van der Waals surface area contributed by atoms with E-state index in [1.165, 1.54) is 6.92 Å². The number of carbonyl (C=O) groups is 2. The molecule has 0 aliphatic carbocycles. The van der Waals surface area contributed by atoms with Crippen LogP contribution in [0.4, 0.5) is 10.5 Å². The molecule has 1 aromatic carbocycles. The Morgan fingerprint density at radius 2 is 1.95 bits per heavy atom. The van der Waals surface area contributed by atoms with E-state index >= 15 is 0 Å². The molecule has 122 valence electrons. The summed E-state index contributed by atoms with van der Waals surface area (Å²) in [4.78, 5) is 28.6. The molecule has 0 aliphatic rings. The van der Waals surface area contributed by atoms with Crippen molar-refractivity contribution in [3.05, 3.63) is 28.8 Å². The molecule has 0 radical (unpaired) electrons. The van der Waals surface area contributed by atoms with Gasteiger partial charge >= 0.3 is 12.1 Å². The van der Waals surface area contributed by atoms with E-state index in [9.17, 15) is 9.59 Å². The fourth-order valence-corrected chi connectivity index (χ4v) is 1.90. The summed E-state index contributed by atoms with van der Waals surface area (Å²) in [5, 5.41) is 4.33. The van der Waals surface area contributed by atoms with E-state index < -0.39 is 17.7 Å². The molecule has 0 heterocycles. The van der Waals surface area contributed by atoms with Gasteiger partial charge in [-0.3, -0.25) is 0 Å². The number of hydrogen-bond donors (Lipinski definition) is 1. The van der Waals surface area contributed by atoms with Crippen LogP contribution in [0, 0.1) is 0 Å². The van der Waals surface area contributed by atoms with Crippen molar-refractivity contribution in [1.82, 2.24) is 5.32 Å². The maximum absolute atomic E-state index is 12.3. The number of hydroxylamine groups is 1. The Morgan fingerprint density at radius 1 is 1.32 bits per heavy atom. The van der Waals surface area contributed by atoms with Gasteiger partial charge in [-0.25, -0.2) is 9.59 Å². The van der Waals surface area contributed by atoms with Crippen LogP contribution in [0.3, 0.4) is 0 Å². The molecule has 1 N–H and O–H groups in total. The van der Waals surface area contributed by atoms with Crippen molar-refractivity contribution in [2.75, 3.05) is 12.1 Å². The molecule has 22 heavy (non-hydrogen) atoms. The van der Waals surface area contributed by atoms with Gasteiger partial charge in [-0.15, -0.1) is 5.06 Å². The predicted molar refractivity (Wildman–Crippen MR) is 84.7 cm³/mol. The second kappa shape index (κ2) is 7.47. The van der Waals surface area contributed by atoms with Crippen molar-refractivity contribution in [1.29, 1.82) is 0 Å². The molecule has 0 fully saturated rings. The first-order chi connectivity index (χ1) is 10.1. The zero-order valence-corrected chi connectivity index (χ0v) is 14.2. The summed E-state index contributed by atoms with van der Waals surface area (Å²) in [6.45, 7) is 6.84. The fourth-order valence-electron chi connectivity index (χ4n) is 1.70. The Morgan fingerprint density at radius 3 is 2.45 bits per heavy atom. The first kappa shape index (κ1) is 18.3. The highest BCUT2D eigenvalue weighted by Gasteiger charge is 2.28. The Labute approximate surface area is 135 Å². The van der Waals surface area contributed by atoms with Gasteiger partial charge in [0.25, 0.3) is 0 Å². The fraction of sp³-hybridized carbons (Fsp3) is 0.467. The molecule has 0 spiro atoms. The van der Waals surface area contributed by atoms with Crippen molar-refractivity contribution in [2.24, 2.45) is 0 Å². The number of rotatable bonds is 3. The van der Waals surface area contributed by atoms with E-state index in [1.807, 2.05) is 0 Å². The molecule has 6 nitrogen and oxygen atoms in total. The number of anilines is 1. The standard InChI is InChI=1S/C15H21ClN2O4/c1-10(19)22-18(14(20)21-15(2,3)4)13-7-6-12(16)8-11(13)9-17-5/h6-8,17H,9H2,1-5H3. The molecule has 1 rings (SSSR count). The van der Waals surface area contributed by atoms with Gasteiger partial charge < -0.3 is 14.9 Å². The maximum Gasteiger partial charge on any atom is 0.448 e. The van der Waals surface area contributed by atoms with Crippen LogP contribution in [0.1, 0.15) is 33.3 Å². The molecule has 0 aromatic heterocycles. The lowest BCUT2D eigenvalue weighted by Crippen LogP contribution is -2.38. The van der Waals surface area contributed by atoms with Crippen molar-refractivity contribution < 1.29 is 19.2 Å². The Balaban J connectivity index is 3.21. The van der Waals surface area contributed by atoms with Gasteiger partial charge in [0.2, 0.25) is 0 Å².